The van der Waals surface area contributed by atoms with Gasteiger partial charge in [0.2, 0.25) is 0 Å². The number of methoxy groups -OCH3 is 1. The molecule has 1 aliphatic heterocycles. The number of benzene rings is 2. The molecule has 0 aliphatic carbocycles. The van der Waals surface area contributed by atoms with Gasteiger partial charge in [-0.25, -0.2) is 9.69 Å². The lowest BCUT2D eigenvalue weighted by Crippen LogP contribution is -2.54. The Morgan fingerprint density at radius 3 is 2.28 bits per heavy atom. The first-order valence-corrected chi connectivity index (χ1v) is 10.2. The molecule has 2 aromatic carbocycles. The Bertz CT molecular complexity index is 1280. The average Bonchev–Trinajstić information content (AvgIpc) is 3.13. The van der Waals surface area contributed by atoms with Gasteiger partial charge in [-0.15, -0.1) is 0 Å². The lowest BCUT2D eigenvalue weighted by atomic mass is 10.1. The number of halogens is 2. The molecule has 3 aromatic rings. The zero-order valence-electron chi connectivity index (χ0n) is 17.1. The van der Waals surface area contributed by atoms with Crippen LogP contribution < -0.4 is 15.0 Å². The van der Waals surface area contributed by atoms with Crippen molar-refractivity contribution in [2.24, 2.45) is 0 Å². The average molecular weight is 470 g/mol. The number of hydrogen-bond acceptors (Lipinski definition) is 4. The van der Waals surface area contributed by atoms with E-state index >= 15 is 0 Å². The Balaban J connectivity index is 1.69. The molecule has 32 heavy (non-hydrogen) atoms. The molecule has 1 aliphatic rings. The van der Waals surface area contributed by atoms with Gasteiger partial charge in [-0.3, -0.25) is 14.9 Å². The third-order valence-corrected chi connectivity index (χ3v) is 5.70. The highest BCUT2D eigenvalue weighted by atomic mass is 35.5. The van der Waals surface area contributed by atoms with Gasteiger partial charge in [0.05, 0.1) is 22.8 Å². The van der Waals surface area contributed by atoms with Crippen molar-refractivity contribution in [3.05, 3.63) is 81.6 Å². The Morgan fingerprint density at radius 2 is 1.62 bits per heavy atom. The molecule has 0 saturated carbocycles. The van der Waals surface area contributed by atoms with Crippen LogP contribution in [0.25, 0.3) is 11.8 Å². The number of nitrogens with one attached hydrogen (secondary N) is 1. The van der Waals surface area contributed by atoms with Crippen LogP contribution in [0.2, 0.25) is 10.0 Å². The zero-order valence-corrected chi connectivity index (χ0v) is 18.6. The number of rotatable bonds is 4. The predicted molar refractivity (Wildman–Crippen MR) is 123 cm³/mol. The molecule has 7 nitrogen and oxygen atoms in total. The normalized spacial score (nSPS) is 15.3. The molecule has 9 heteroatoms. The Hall–Kier alpha value is -3.55. The highest BCUT2D eigenvalue weighted by Crippen LogP contribution is 2.29. The van der Waals surface area contributed by atoms with Gasteiger partial charge in [-0.05, 0) is 67.1 Å². The minimum atomic E-state index is -0.859. The van der Waals surface area contributed by atoms with Gasteiger partial charge >= 0.3 is 6.03 Å². The van der Waals surface area contributed by atoms with E-state index in [0.717, 1.165) is 22.0 Å². The maximum Gasteiger partial charge on any atom is 0.335 e. The summed E-state index contributed by atoms with van der Waals surface area (Å²) >= 11 is 12.0. The van der Waals surface area contributed by atoms with Crippen LogP contribution in [0, 0.1) is 6.92 Å². The number of hydrogen-bond donors (Lipinski definition) is 1. The number of aromatic nitrogens is 1. The summed E-state index contributed by atoms with van der Waals surface area (Å²) in [5.41, 5.74) is 2.43. The summed E-state index contributed by atoms with van der Waals surface area (Å²) in [7, 11) is 1.60. The third kappa shape index (κ3) is 4.00. The van der Waals surface area contributed by atoms with E-state index in [-0.39, 0.29) is 21.3 Å². The largest absolute Gasteiger partial charge is 0.497 e. The highest BCUT2D eigenvalue weighted by molar-refractivity contribution is 6.43. The minimum absolute atomic E-state index is 0.178. The van der Waals surface area contributed by atoms with E-state index in [0.29, 0.717) is 5.56 Å². The van der Waals surface area contributed by atoms with Crippen LogP contribution in [0.3, 0.4) is 0 Å². The summed E-state index contributed by atoms with van der Waals surface area (Å²) in [4.78, 5) is 38.7. The molecule has 0 atom stereocenters. The van der Waals surface area contributed by atoms with E-state index in [4.69, 9.17) is 27.9 Å². The first-order chi connectivity index (χ1) is 15.3. The van der Waals surface area contributed by atoms with Crippen LogP contribution in [0.1, 0.15) is 11.3 Å². The Kier molecular flexibility index (Phi) is 5.78. The lowest BCUT2D eigenvalue weighted by molar-refractivity contribution is -0.122. The van der Waals surface area contributed by atoms with E-state index in [1.807, 2.05) is 41.8 Å². The number of nitrogens with zero attached hydrogens (tertiary/aromatic N) is 2. The van der Waals surface area contributed by atoms with Crippen molar-refractivity contribution >= 4 is 52.8 Å². The molecule has 4 rings (SSSR count). The minimum Gasteiger partial charge on any atom is -0.497 e. The molecule has 4 amide bonds. The summed E-state index contributed by atoms with van der Waals surface area (Å²) < 4.78 is 7.10. The SMILES string of the molecule is COc1ccc(-n2cc(/C=C3/C(=O)NC(=O)N(c4ccc(Cl)c(Cl)c4)C3=O)cc2C)cc1. The van der Waals surface area contributed by atoms with Crippen molar-refractivity contribution in [1.82, 2.24) is 9.88 Å². The number of barbiturate groups is 1. The topological polar surface area (TPSA) is 80.6 Å². The van der Waals surface area contributed by atoms with Gasteiger partial charge in [-0.1, -0.05) is 23.2 Å². The number of amides is 4. The van der Waals surface area contributed by atoms with Crippen molar-refractivity contribution in [3.8, 4) is 11.4 Å². The molecule has 162 valence electrons. The van der Waals surface area contributed by atoms with Gasteiger partial charge < -0.3 is 9.30 Å². The van der Waals surface area contributed by atoms with Gasteiger partial charge in [0, 0.05) is 17.6 Å². The standard InChI is InChI=1S/C23H17Cl2N3O4/c1-13-9-14(12-27(13)15-3-6-17(32-2)7-4-15)10-18-21(29)26-23(31)28(22(18)30)16-5-8-19(24)20(25)11-16/h3-12H,1-2H3,(H,26,29,31)/b18-10-. The van der Waals surface area contributed by atoms with Crippen LogP contribution in [0.15, 0.2) is 60.3 Å². The number of urea groups is 1. The fourth-order valence-corrected chi connectivity index (χ4v) is 3.67. The summed E-state index contributed by atoms with van der Waals surface area (Å²) in [6, 6.07) is 12.8. The lowest BCUT2D eigenvalue weighted by Gasteiger charge is -2.26. The first kappa shape index (κ1) is 21.7. The van der Waals surface area contributed by atoms with Crippen molar-refractivity contribution in [2.45, 2.75) is 6.92 Å². The molecule has 0 spiro atoms. The van der Waals surface area contributed by atoms with Crippen LogP contribution in [0.4, 0.5) is 10.5 Å². The van der Waals surface area contributed by atoms with Gasteiger partial charge in [-0.2, -0.15) is 0 Å². The second-order valence-electron chi connectivity index (χ2n) is 7.04. The van der Waals surface area contributed by atoms with Crippen LogP contribution in [0.5, 0.6) is 5.75 Å². The number of anilines is 1. The first-order valence-electron chi connectivity index (χ1n) is 9.48. The molecule has 1 fully saturated rings. The Labute approximate surface area is 193 Å². The summed E-state index contributed by atoms with van der Waals surface area (Å²) in [6.45, 7) is 1.90. The maximum absolute atomic E-state index is 13.1. The molecule has 1 N–H and O–H groups in total. The van der Waals surface area contributed by atoms with Crippen molar-refractivity contribution < 1.29 is 19.1 Å². The van der Waals surface area contributed by atoms with E-state index in [2.05, 4.69) is 5.32 Å². The molecule has 0 unspecified atom stereocenters. The molecule has 1 aromatic heterocycles. The number of carbonyl (C=O) groups is 3. The quantitative estimate of drug-likeness (QED) is 0.440. The van der Waals surface area contributed by atoms with Crippen LogP contribution in [-0.4, -0.2) is 29.5 Å². The monoisotopic (exact) mass is 469 g/mol. The maximum atomic E-state index is 13.1. The molecule has 2 heterocycles. The van der Waals surface area contributed by atoms with Crippen LogP contribution >= 0.6 is 23.2 Å². The number of aryl methyl sites for hydroxylation is 1. The third-order valence-electron chi connectivity index (χ3n) is 4.96. The number of ether oxygens (including phenoxy) is 1. The number of imide groups is 2. The smallest absolute Gasteiger partial charge is 0.335 e. The summed E-state index contributed by atoms with van der Waals surface area (Å²) in [5.74, 6) is -0.796. The van der Waals surface area contributed by atoms with Crippen molar-refractivity contribution in [2.75, 3.05) is 12.0 Å². The van der Waals surface area contributed by atoms with Gasteiger partial charge in [0.15, 0.2) is 0 Å². The second kappa shape index (κ2) is 8.53. The molecular weight excluding hydrogens is 453 g/mol. The van der Waals surface area contributed by atoms with E-state index in [1.165, 1.54) is 24.3 Å². The molecular formula is C23H17Cl2N3O4. The fourth-order valence-electron chi connectivity index (χ4n) is 3.38. The molecule has 1 saturated heterocycles. The summed E-state index contributed by atoms with van der Waals surface area (Å²) in [5, 5.41) is 2.65. The van der Waals surface area contributed by atoms with E-state index < -0.39 is 17.8 Å². The van der Waals surface area contributed by atoms with Crippen molar-refractivity contribution in [3.63, 3.8) is 0 Å². The fraction of sp³-hybridized carbons (Fsp3) is 0.0870. The summed E-state index contributed by atoms with van der Waals surface area (Å²) in [6.07, 6.45) is 3.24. The Morgan fingerprint density at radius 1 is 0.938 bits per heavy atom. The predicted octanol–water partition coefficient (Wildman–Crippen LogP) is 4.77. The van der Waals surface area contributed by atoms with Crippen LogP contribution in [-0.2, 0) is 9.59 Å². The molecule has 0 bridgehead atoms. The van der Waals surface area contributed by atoms with Gasteiger partial charge in [0.1, 0.15) is 11.3 Å². The second-order valence-corrected chi connectivity index (χ2v) is 7.85. The molecule has 0 radical (unpaired) electrons. The van der Waals surface area contributed by atoms with Gasteiger partial charge in [0.25, 0.3) is 11.8 Å². The number of carbonyl (C=O) groups excluding carboxylic acids is 3. The van der Waals surface area contributed by atoms with Crippen molar-refractivity contribution in [1.29, 1.82) is 0 Å². The van der Waals surface area contributed by atoms with E-state index in [9.17, 15) is 14.4 Å². The zero-order chi connectivity index (χ0) is 23.0. The highest BCUT2D eigenvalue weighted by Gasteiger charge is 2.37. The van der Waals surface area contributed by atoms with E-state index in [1.54, 1.807) is 13.3 Å².